The van der Waals surface area contributed by atoms with Crippen LogP contribution >= 0.6 is 11.8 Å². The van der Waals surface area contributed by atoms with Gasteiger partial charge >= 0.3 is 0 Å². The molecule has 1 aromatic heterocycles. The Labute approximate surface area is 241 Å². The van der Waals surface area contributed by atoms with Gasteiger partial charge in [-0.3, -0.25) is 14.7 Å². The molecule has 1 aliphatic carbocycles. The van der Waals surface area contributed by atoms with E-state index in [2.05, 4.69) is 50.6 Å². The fourth-order valence-corrected chi connectivity index (χ4v) is 4.74. The van der Waals surface area contributed by atoms with Crippen LogP contribution in [0, 0.1) is 18.8 Å². The lowest BCUT2D eigenvalue weighted by atomic mass is 9.87. The van der Waals surface area contributed by atoms with Crippen LogP contribution in [-0.2, 0) is 11.8 Å². The van der Waals surface area contributed by atoms with Gasteiger partial charge in [-0.2, -0.15) is 0 Å². The van der Waals surface area contributed by atoms with Crippen LogP contribution < -0.4 is 5.73 Å². The SMILES string of the molecule is C#C.C=NC1=CCCN(CCC2CCCCC2)C1.CSCOCC(C)(F)F.Cn1nnc2c(C(N)=O)cccc21. The summed E-state index contributed by atoms with van der Waals surface area (Å²) >= 11 is 1.39. The molecule has 0 saturated heterocycles. The summed E-state index contributed by atoms with van der Waals surface area (Å²) in [5.74, 6) is -1.83. The van der Waals surface area contributed by atoms with Crippen molar-refractivity contribution in [2.75, 3.05) is 38.4 Å². The predicted octanol–water partition coefficient (Wildman–Crippen LogP) is 5.54. The molecule has 0 atom stereocenters. The molecule has 2 aliphatic rings. The number of hydrogen-bond donors (Lipinski definition) is 1. The molecule has 2 N–H and O–H groups in total. The predicted molar refractivity (Wildman–Crippen MR) is 162 cm³/mol. The molecule has 11 heteroatoms. The molecule has 0 unspecified atom stereocenters. The molecule has 1 amide bonds. The topological polar surface area (TPSA) is 98.6 Å². The first-order valence-corrected chi connectivity index (χ1v) is 14.8. The van der Waals surface area contributed by atoms with Crippen molar-refractivity contribution in [1.82, 2.24) is 19.9 Å². The van der Waals surface area contributed by atoms with Gasteiger partial charge in [0.05, 0.1) is 17.0 Å². The molecule has 2 aromatic rings. The van der Waals surface area contributed by atoms with Gasteiger partial charge in [-0.1, -0.05) is 49.5 Å². The smallest absolute Gasteiger partial charge is 0.268 e. The van der Waals surface area contributed by atoms with Gasteiger partial charge in [0, 0.05) is 32.8 Å². The maximum atomic E-state index is 11.9. The molecule has 2 heterocycles. The van der Waals surface area contributed by atoms with E-state index in [-0.39, 0.29) is 0 Å². The molecule has 1 saturated carbocycles. The molecule has 0 spiro atoms. The van der Waals surface area contributed by atoms with Crippen LogP contribution in [0.4, 0.5) is 8.78 Å². The summed E-state index contributed by atoms with van der Waals surface area (Å²) in [5.41, 5.74) is 8.11. The number of nitrogens with two attached hydrogens (primary N) is 1. The molecule has 1 aromatic carbocycles. The Bertz CT molecular complexity index is 1080. The first-order valence-electron chi connectivity index (χ1n) is 13.4. The Morgan fingerprint density at radius 1 is 1.30 bits per heavy atom. The minimum Gasteiger partial charge on any atom is -0.366 e. The quantitative estimate of drug-likeness (QED) is 0.182. The third-order valence-electron chi connectivity index (χ3n) is 6.46. The van der Waals surface area contributed by atoms with Crippen molar-refractivity contribution in [3.63, 3.8) is 0 Å². The lowest BCUT2D eigenvalue weighted by molar-refractivity contribution is -0.0514. The Hall–Kier alpha value is -2.81. The average Bonchev–Trinajstić information content (AvgIpc) is 3.34. The first-order chi connectivity index (χ1) is 19.1. The van der Waals surface area contributed by atoms with Gasteiger partial charge in [-0.05, 0) is 50.4 Å². The Balaban J connectivity index is 0.000000302. The van der Waals surface area contributed by atoms with E-state index in [1.54, 1.807) is 30.1 Å². The maximum absolute atomic E-state index is 11.9. The number of aromatic nitrogens is 3. The summed E-state index contributed by atoms with van der Waals surface area (Å²) in [5, 5.41) is 7.65. The summed E-state index contributed by atoms with van der Waals surface area (Å²) in [6.45, 7) is 7.49. The molecule has 0 bridgehead atoms. The van der Waals surface area contributed by atoms with Crippen LogP contribution in [0.5, 0.6) is 0 Å². The fourth-order valence-electron chi connectivity index (χ4n) is 4.49. The summed E-state index contributed by atoms with van der Waals surface area (Å²) in [4.78, 5) is 17.6. The lowest BCUT2D eigenvalue weighted by Crippen LogP contribution is -2.31. The van der Waals surface area contributed by atoms with Crippen molar-refractivity contribution in [2.24, 2.45) is 23.7 Å². The van der Waals surface area contributed by atoms with Crippen molar-refractivity contribution in [2.45, 2.75) is 57.8 Å². The number of terminal acetylenes is 1. The maximum Gasteiger partial charge on any atom is 0.268 e. The van der Waals surface area contributed by atoms with Crippen LogP contribution in [0.3, 0.4) is 0 Å². The molecule has 0 radical (unpaired) electrons. The number of primary amides is 1. The zero-order chi connectivity index (χ0) is 30.0. The molecule has 4 rings (SSSR count). The number of amides is 1. The van der Waals surface area contributed by atoms with Crippen molar-refractivity contribution >= 4 is 35.4 Å². The Morgan fingerprint density at radius 3 is 2.60 bits per heavy atom. The monoisotopic (exact) mass is 578 g/mol. The van der Waals surface area contributed by atoms with E-state index < -0.39 is 18.4 Å². The van der Waals surface area contributed by atoms with Crippen molar-refractivity contribution in [3.8, 4) is 12.8 Å². The minimum absolute atomic E-state index is 0.337. The van der Waals surface area contributed by atoms with E-state index in [9.17, 15) is 13.6 Å². The second-order valence-corrected chi connectivity index (χ2v) is 10.6. The number of carbonyl (C=O) groups is 1. The van der Waals surface area contributed by atoms with Crippen LogP contribution in [0.25, 0.3) is 11.0 Å². The van der Waals surface area contributed by atoms with Gasteiger partial charge in [-0.15, -0.1) is 29.7 Å². The molecule has 1 fully saturated rings. The summed E-state index contributed by atoms with van der Waals surface area (Å²) < 4.78 is 30.0. The normalized spacial score (nSPS) is 15.8. The highest BCUT2D eigenvalue weighted by atomic mass is 32.2. The molecule has 1 aliphatic heterocycles. The number of aliphatic imine (C=N–C) groups is 1. The van der Waals surface area contributed by atoms with E-state index in [0.717, 1.165) is 31.3 Å². The number of alkyl halides is 2. The van der Waals surface area contributed by atoms with Gasteiger partial charge in [0.1, 0.15) is 12.1 Å². The third-order valence-corrected chi connectivity index (χ3v) is 6.86. The van der Waals surface area contributed by atoms with Gasteiger partial charge < -0.3 is 10.5 Å². The highest BCUT2D eigenvalue weighted by molar-refractivity contribution is 7.98. The fraction of sp³-hybridized carbons (Fsp3) is 0.586. The number of aryl methyl sites for hydroxylation is 1. The first kappa shape index (κ1) is 35.2. The van der Waals surface area contributed by atoms with Crippen molar-refractivity contribution < 1.29 is 18.3 Å². The van der Waals surface area contributed by atoms with Crippen LogP contribution in [0.15, 0.2) is 35.0 Å². The van der Waals surface area contributed by atoms with Crippen molar-refractivity contribution in [3.05, 3.63) is 35.5 Å². The number of rotatable bonds is 9. The van der Waals surface area contributed by atoms with E-state index in [1.807, 2.05) is 6.07 Å². The number of thioether (sulfide) groups is 1. The molecule has 8 nitrogen and oxygen atoms in total. The van der Waals surface area contributed by atoms with Crippen LogP contribution in [0.2, 0.25) is 0 Å². The van der Waals surface area contributed by atoms with Crippen LogP contribution in [0.1, 0.15) is 62.2 Å². The number of benzene rings is 1. The zero-order valence-corrected chi connectivity index (χ0v) is 24.8. The molecular formula is C29H44F2N6O2S. The summed E-state index contributed by atoms with van der Waals surface area (Å²) in [7, 11) is 1.76. The van der Waals surface area contributed by atoms with Crippen LogP contribution in [-0.4, -0.2) is 76.9 Å². The van der Waals surface area contributed by atoms with Gasteiger partial charge in [0.25, 0.3) is 11.8 Å². The van der Waals surface area contributed by atoms with Crippen molar-refractivity contribution in [1.29, 1.82) is 0 Å². The summed E-state index contributed by atoms with van der Waals surface area (Å²) in [6.07, 6.45) is 21.9. The van der Waals surface area contributed by atoms with E-state index >= 15 is 0 Å². The molecule has 222 valence electrons. The Morgan fingerprint density at radius 2 is 2.00 bits per heavy atom. The largest absolute Gasteiger partial charge is 0.366 e. The highest BCUT2D eigenvalue weighted by Crippen LogP contribution is 2.26. The highest BCUT2D eigenvalue weighted by Gasteiger charge is 2.20. The average molecular weight is 579 g/mol. The second kappa shape index (κ2) is 19.3. The van der Waals surface area contributed by atoms with E-state index in [0.29, 0.717) is 17.0 Å². The van der Waals surface area contributed by atoms with Gasteiger partial charge in [-0.25, -0.2) is 13.5 Å². The zero-order valence-electron chi connectivity index (χ0n) is 24.0. The second-order valence-electron chi connectivity index (χ2n) is 9.79. The summed E-state index contributed by atoms with van der Waals surface area (Å²) in [6, 6.07) is 5.23. The molecular weight excluding hydrogens is 534 g/mol. The minimum atomic E-state index is -2.68. The third kappa shape index (κ3) is 13.5. The molecule has 40 heavy (non-hydrogen) atoms. The number of ether oxygens (including phenoxy) is 1. The number of halogens is 2. The number of fused-ring (bicyclic) bond motifs is 1. The van der Waals surface area contributed by atoms with Gasteiger partial charge in [0.2, 0.25) is 0 Å². The number of carbonyl (C=O) groups excluding carboxylic acids is 1. The Kier molecular flexibility index (Phi) is 17.0. The van der Waals surface area contributed by atoms with E-state index in [4.69, 9.17) is 5.73 Å². The van der Waals surface area contributed by atoms with E-state index in [1.165, 1.54) is 69.1 Å². The lowest BCUT2D eigenvalue weighted by Gasteiger charge is -2.28. The van der Waals surface area contributed by atoms with Gasteiger partial charge in [0.15, 0.2) is 0 Å². The number of nitrogens with zero attached hydrogens (tertiary/aromatic N) is 5. The standard InChI is InChI=1S/C14H24N2.C8H8N4O.C5H10F2OS.C2H2/c1-15-14-8-5-10-16(12-14)11-9-13-6-3-2-4-7-13;1-12-6-4-2-3-5(8(9)13)7(6)10-11-12;1-5(6,7)3-8-4-9-2;1-2/h8,13H,1-7,9-12H2;2-4H,1H3,(H2,9,13);3-4H2,1-2H3;1-2H. The number of hydrogen-bond acceptors (Lipinski definition) is 7.